The molecule has 0 aliphatic heterocycles. The molecule has 0 radical (unpaired) electrons. The minimum Gasteiger partial charge on any atom is -0.369 e. The molecule has 1 aliphatic carbocycles. The molecule has 0 fully saturated rings. The maximum absolute atomic E-state index is 11.3. The zero-order chi connectivity index (χ0) is 12.0. The van der Waals surface area contributed by atoms with Crippen LogP contribution in [0.5, 0.6) is 0 Å². The minimum absolute atomic E-state index is 0.00769. The molecule has 17 heavy (non-hydrogen) atoms. The summed E-state index contributed by atoms with van der Waals surface area (Å²) in [7, 11) is 2.10. The molecule has 1 aromatic carbocycles. The largest absolute Gasteiger partial charge is 0.369 e. The highest BCUT2D eigenvalue weighted by molar-refractivity contribution is 5.87. The number of fused-ring (bicyclic) bond motifs is 3. The van der Waals surface area contributed by atoms with Gasteiger partial charge in [-0.25, -0.2) is 0 Å². The van der Waals surface area contributed by atoms with Crippen molar-refractivity contribution in [2.75, 3.05) is 0 Å². The quantitative estimate of drug-likeness (QED) is 0.794. The fourth-order valence-corrected chi connectivity index (χ4v) is 2.97. The van der Waals surface area contributed by atoms with Crippen LogP contribution in [0, 0.1) is 5.92 Å². The van der Waals surface area contributed by atoms with E-state index in [1.807, 2.05) is 0 Å². The molecule has 2 aromatic rings. The van der Waals surface area contributed by atoms with Gasteiger partial charge in [0.2, 0.25) is 5.91 Å². The van der Waals surface area contributed by atoms with E-state index in [0.29, 0.717) is 0 Å². The molecule has 3 heteroatoms. The number of carbonyl (C=O) groups excluding carboxylic acids is 1. The Labute approximate surface area is 100 Å². The number of rotatable bonds is 1. The smallest absolute Gasteiger partial charge is 0.220 e. The SMILES string of the molecule is Cn1c2c(c3ccccc31)CC(C(N)=O)CC2. The van der Waals surface area contributed by atoms with Crippen LogP contribution in [0.1, 0.15) is 17.7 Å². The van der Waals surface area contributed by atoms with E-state index in [-0.39, 0.29) is 11.8 Å². The van der Waals surface area contributed by atoms with E-state index in [2.05, 4.69) is 35.9 Å². The van der Waals surface area contributed by atoms with E-state index in [1.165, 1.54) is 22.2 Å². The van der Waals surface area contributed by atoms with Gasteiger partial charge in [0.15, 0.2) is 0 Å². The predicted octanol–water partition coefficient (Wildman–Crippen LogP) is 1.77. The molecule has 0 saturated carbocycles. The van der Waals surface area contributed by atoms with Crippen LogP contribution in [-0.4, -0.2) is 10.5 Å². The lowest BCUT2D eigenvalue weighted by Crippen LogP contribution is -2.28. The van der Waals surface area contributed by atoms with Crippen molar-refractivity contribution in [2.24, 2.45) is 18.7 Å². The highest BCUT2D eigenvalue weighted by atomic mass is 16.1. The monoisotopic (exact) mass is 228 g/mol. The second kappa shape index (κ2) is 3.62. The Bertz CT molecular complexity index is 598. The molecule has 2 N–H and O–H groups in total. The van der Waals surface area contributed by atoms with Gasteiger partial charge in [-0.3, -0.25) is 4.79 Å². The topological polar surface area (TPSA) is 48.0 Å². The van der Waals surface area contributed by atoms with Gasteiger partial charge in [0, 0.05) is 29.6 Å². The summed E-state index contributed by atoms with van der Waals surface area (Å²) in [6, 6.07) is 8.38. The van der Waals surface area contributed by atoms with Gasteiger partial charge in [-0.2, -0.15) is 0 Å². The predicted molar refractivity (Wildman–Crippen MR) is 67.6 cm³/mol. The Morgan fingerprint density at radius 3 is 2.94 bits per heavy atom. The first-order valence-electron chi connectivity index (χ1n) is 6.03. The van der Waals surface area contributed by atoms with Crippen molar-refractivity contribution in [2.45, 2.75) is 19.3 Å². The Hall–Kier alpha value is -1.77. The lowest BCUT2D eigenvalue weighted by atomic mass is 9.86. The highest BCUT2D eigenvalue weighted by Crippen LogP contribution is 2.33. The summed E-state index contributed by atoms with van der Waals surface area (Å²) in [5, 5.41) is 1.27. The number of nitrogens with zero attached hydrogens (tertiary/aromatic N) is 1. The molecule has 0 spiro atoms. The summed E-state index contributed by atoms with van der Waals surface area (Å²) < 4.78 is 2.25. The van der Waals surface area contributed by atoms with Crippen molar-refractivity contribution in [1.29, 1.82) is 0 Å². The van der Waals surface area contributed by atoms with Crippen LogP contribution in [0.3, 0.4) is 0 Å². The minimum atomic E-state index is -0.163. The van der Waals surface area contributed by atoms with Crippen LogP contribution in [0.2, 0.25) is 0 Å². The Morgan fingerprint density at radius 1 is 1.41 bits per heavy atom. The van der Waals surface area contributed by atoms with Crippen molar-refractivity contribution in [3.05, 3.63) is 35.5 Å². The molecule has 1 unspecified atom stereocenters. The number of para-hydroxylation sites is 1. The van der Waals surface area contributed by atoms with E-state index in [9.17, 15) is 4.79 Å². The summed E-state index contributed by atoms with van der Waals surface area (Å²) in [6.07, 6.45) is 2.63. The van der Waals surface area contributed by atoms with Crippen molar-refractivity contribution in [3.8, 4) is 0 Å². The first kappa shape index (κ1) is 10.4. The fraction of sp³-hybridized carbons (Fsp3) is 0.357. The highest BCUT2D eigenvalue weighted by Gasteiger charge is 2.26. The van der Waals surface area contributed by atoms with Gasteiger partial charge in [-0.05, 0) is 30.9 Å². The van der Waals surface area contributed by atoms with Crippen LogP contribution in [0.25, 0.3) is 10.9 Å². The third-order valence-electron chi connectivity index (χ3n) is 3.93. The van der Waals surface area contributed by atoms with Crippen molar-refractivity contribution in [1.82, 2.24) is 4.57 Å². The van der Waals surface area contributed by atoms with Gasteiger partial charge < -0.3 is 10.3 Å². The molecule has 3 nitrogen and oxygen atoms in total. The van der Waals surface area contributed by atoms with Gasteiger partial charge >= 0.3 is 0 Å². The zero-order valence-corrected chi connectivity index (χ0v) is 9.94. The maximum atomic E-state index is 11.3. The Balaban J connectivity index is 2.18. The van der Waals surface area contributed by atoms with Crippen LogP contribution < -0.4 is 5.73 Å². The second-order valence-electron chi connectivity index (χ2n) is 4.84. The number of hydrogen-bond acceptors (Lipinski definition) is 1. The number of benzene rings is 1. The number of primary amides is 1. The van der Waals surface area contributed by atoms with E-state index < -0.39 is 0 Å². The molecule has 0 bridgehead atoms. The molecule has 1 aliphatic rings. The van der Waals surface area contributed by atoms with Crippen LogP contribution in [0.15, 0.2) is 24.3 Å². The van der Waals surface area contributed by atoms with Crippen LogP contribution >= 0.6 is 0 Å². The lowest BCUT2D eigenvalue weighted by molar-refractivity contribution is -0.122. The Morgan fingerprint density at radius 2 is 2.18 bits per heavy atom. The summed E-state index contributed by atoms with van der Waals surface area (Å²) in [4.78, 5) is 11.3. The third-order valence-corrected chi connectivity index (χ3v) is 3.93. The van der Waals surface area contributed by atoms with E-state index in [1.54, 1.807) is 0 Å². The average Bonchev–Trinajstić information content (AvgIpc) is 2.64. The number of amides is 1. The number of carbonyl (C=O) groups is 1. The molecule has 88 valence electrons. The molecule has 1 amide bonds. The van der Waals surface area contributed by atoms with E-state index >= 15 is 0 Å². The van der Waals surface area contributed by atoms with Crippen molar-refractivity contribution in [3.63, 3.8) is 0 Å². The normalized spacial score (nSPS) is 19.2. The molecule has 1 aromatic heterocycles. The summed E-state index contributed by atoms with van der Waals surface area (Å²) >= 11 is 0. The number of hydrogen-bond donors (Lipinski definition) is 1. The molecular weight excluding hydrogens is 212 g/mol. The van der Waals surface area contributed by atoms with Gasteiger partial charge in [0.25, 0.3) is 0 Å². The van der Waals surface area contributed by atoms with Gasteiger partial charge in [0.05, 0.1) is 0 Å². The summed E-state index contributed by atoms with van der Waals surface area (Å²) in [6.45, 7) is 0. The van der Waals surface area contributed by atoms with Gasteiger partial charge in [-0.15, -0.1) is 0 Å². The standard InChI is InChI=1S/C14H16N2O/c1-16-12-5-3-2-4-10(12)11-8-9(14(15)17)6-7-13(11)16/h2-5,9H,6-8H2,1H3,(H2,15,17). The first-order chi connectivity index (χ1) is 8.18. The number of aromatic nitrogens is 1. The van der Waals surface area contributed by atoms with Gasteiger partial charge in [-0.1, -0.05) is 18.2 Å². The lowest BCUT2D eigenvalue weighted by Gasteiger charge is -2.20. The zero-order valence-electron chi connectivity index (χ0n) is 9.94. The molecule has 3 rings (SSSR count). The number of nitrogens with two attached hydrogens (primary N) is 1. The van der Waals surface area contributed by atoms with E-state index in [0.717, 1.165) is 19.3 Å². The average molecular weight is 228 g/mol. The fourth-order valence-electron chi connectivity index (χ4n) is 2.97. The third kappa shape index (κ3) is 1.46. The van der Waals surface area contributed by atoms with E-state index in [4.69, 9.17) is 5.73 Å². The molecule has 1 heterocycles. The molecular formula is C14H16N2O. The Kier molecular flexibility index (Phi) is 2.21. The first-order valence-corrected chi connectivity index (χ1v) is 6.03. The van der Waals surface area contributed by atoms with Crippen LogP contribution in [-0.2, 0) is 24.7 Å². The van der Waals surface area contributed by atoms with Crippen LogP contribution in [0.4, 0.5) is 0 Å². The summed E-state index contributed by atoms with van der Waals surface area (Å²) in [5.41, 5.74) is 9.36. The van der Waals surface area contributed by atoms with Crippen molar-refractivity contribution < 1.29 is 4.79 Å². The molecule has 1 atom stereocenters. The second-order valence-corrected chi connectivity index (χ2v) is 4.84. The maximum Gasteiger partial charge on any atom is 0.220 e. The van der Waals surface area contributed by atoms with Crippen molar-refractivity contribution >= 4 is 16.8 Å². The number of aryl methyl sites for hydroxylation is 1. The molecule has 0 saturated heterocycles. The summed E-state index contributed by atoms with van der Waals surface area (Å²) in [5.74, 6) is -0.156. The van der Waals surface area contributed by atoms with Gasteiger partial charge in [0.1, 0.15) is 0 Å².